The van der Waals surface area contributed by atoms with E-state index in [9.17, 15) is 0 Å². The van der Waals surface area contributed by atoms with Gasteiger partial charge in [-0.2, -0.15) is 15.3 Å². The predicted octanol–water partition coefficient (Wildman–Crippen LogP) is 9.89. The Kier molecular flexibility index (Phi) is 11.7. The topological polar surface area (TPSA) is 77.9 Å². The Hall–Kier alpha value is -3.17. The average Bonchev–Trinajstić information content (AvgIpc) is 3.42. The van der Waals surface area contributed by atoms with Gasteiger partial charge >= 0.3 is 8.80 Å². The summed E-state index contributed by atoms with van der Waals surface area (Å²) in [5.74, 6) is 5.37. The van der Waals surface area contributed by atoms with Crippen molar-refractivity contribution in [2.75, 3.05) is 7.11 Å². The van der Waals surface area contributed by atoms with Crippen LogP contribution in [0.4, 0.5) is 0 Å². The third kappa shape index (κ3) is 8.26. The molecule has 7 atom stereocenters. The molecule has 5 aliphatic rings. The van der Waals surface area contributed by atoms with Crippen molar-refractivity contribution in [2.45, 2.75) is 118 Å². The van der Waals surface area contributed by atoms with Gasteiger partial charge in [0.25, 0.3) is 0 Å². The van der Waals surface area contributed by atoms with Crippen LogP contribution in [0.25, 0.3) is 11.3 Å². The molecule has 0 amide bonds. The highest BCUT2D eigenvalue weighted by Gasteiger charge is 2.53. The molecule has 284 valence electrons. The molecule has 7 nitrogen and oxygen atoms in total. The standard InChI is InChI=1S/C25H38N2O3Si.C20H24N2/c1-16(2)29-31(28-6,30-17(3)4)12-11-20-13-21-14-22(20)23-15-26-27-25(24(21)23)19-9-7-18(5)8-10-19;1-3-16-18-9-8-15-12-21-22-20(17(15)10-11-19(16)18)14-6-4-13(2)5-7-14/h7-10,15-17,20-22,24,26H,11-14H2,1-6H3;4-7,12,16,18-19H,3,8-11H2,1-2H3/t;16?,18-,19+/m.1/s1. The number of nitrogens with zero attached hydrogens (tertiary/aromatic N) is 3. The molecule has 1 aliphatic heterocycles. The van der Waals surface area contributed by atoms with Gasteiger partial charge in [0.05, 0.1) is 17.6 Å². The molecule has 0 saturated heterocycles. The number of benzene rings is 2. The summed E-state index contributed by atoms with van der Waals surface area (Å²) in [4.78, 5) is 0. The third-order valence-corrected chi connectivity index (χ3v) is 16.0. The highest BCUT2D eigenvalue weighted by Crippen LogP contribution is 2.58. The van der Waals surface area contributed by atoms with Gasteiger partial charge in [-0.25, -0.2) is 0 Å². The van der Waals surface area contributed by atoms with E-state index >= 15 is 0 Å². The van der Waals surface area contributed by atoms with E-state index in [1.165, 1.54) is 84.0 Å². The summed E-state index contributed by atoms with van der Waals surface area (Å²) in [6.07, 6.45) is 14.4. The van der Waals surface area contributed by atoms with Gasteiger partial charge in [0, 0.05) is 43.0 Å². The van der Waals surface area contributed by atoms with Crippen LogP contribution in [0.5, 0.6) is 0 Å². The van der Waals surface area contributed by atoms with Crippen molar-refractivity contribution in [3.05, 3.63) is 94.3 Å². The van der Waals surface area contributed by atoms with Gasteiger partial charge in [0.2, 0.25) is 0 Å². The first-order valence-electron chi connectivity index (χ1n) is 20.5. The second kappa shape index (κ2) is 16.3. The van der Waals surface area contributed by atoms with Crippen molar-refractivity contribution in [3.63, 3.8) is 0 Å². The Balaban J connectivity index is 0.000000173. The van der Waals surface area contributed by atoms with Crippen LogP contribution < -0.4 is 5.43 Å². The normalized spacial score (nSPS) is 27.0. The van der Waals surface area contributed by atoms with E-state index in [1.807, 2.05) is 6.20 Å². The van der Waals surface area contributed by atoms with Gasteiger partial charge in [0.15, 0.2) is 0 Å². The van der Waals surface area contributed by atoms with Crippen molar-refractivity contribution >= 4 is 14.5 Å². The fourth-order valence-electron chi connectivity index (χ4n) is 10.4. The van der Waals surface area contributed by atoms with E-state index in [-0.39, 0.29) is 12.2 Å². The monoisotopic (exact) mass is 734 g/mol. The minimum Gasteiger partial charge on any atom is -0.377 e. The van der Waals surface area contributed by atoms with E-state index in [1.54, 1.807) is 12.7 Å². The number of hydrogen-bond donors (Lipinski definition) is 1. The lowest BCUT2D eigenvalue weighted by Gasteiger charge is -2.36. The van der Waals surface area contributed by atoms with Crippen LogP contribution in [-0.2, 0) is 26.1 Å². The molecule has 53 heavy (non-hydrogen) atoms. The molecular formula is C45H62N4O3Si. The summed E-state index contributed by atoms with van der Waals surface area (Å²) in [5, 5.41) is 13.5. The lowest BCUT2D eigenvalue weighted by molar-refractivity contribution is 0.0311. The first-order valence-corrected chi connectivity index (χ1v) is 22.4. The number of fused-ring (bicyclic) bond motifs is 7. The van der Waals surface area contributed by atoms with Gasteiger partial charge in [-0.05, 0) is 144 Å². The van der Waals surface area contributed by atoms with Crippen molar-refractivity contribution in [1.82, 2.24) is 15.6 Å². The summed E-state index contributed by atoms with van der Waals surface area (Å²) < 4.78 is 18.5. The Labute approximate surface area is 319 Å². The molecule has 0 radical (unpaired) electrons. The van der Waals surface area contributed by atoms with Crippen LogP contribution in [-0.4, -0.2) is 44.0 Å². The molecule has 1 aromatic heterocycles. The Morgan fingerprint density at radius 1 is 0.849 bits per heavy atom. The second-order valence-electron chi connectivity index (χ2n) is 17.0. The Morgan fingerprint density at radius 2 is 1.49 bits per heavy atom. The van der Waals surface area contributed by atoms with Crippen LogP contribution in [0.1, 0.15) is 101 Å². The van der Waals surface area contributed by atoms with Crippen LogP contribution in [0.3, 0.4) is 0 Å². The number of nitrogens with one attached hydrogen (secondary N) is 1. The zero-order chi connectivity index (χ0) is 37.3. The summed E-state index contributed by atoms with van der Waals surface area (Å²) in [6.45, 7) is 14.9. The van der Waals surface area contributed by atoms with Crippen molar-refractivity contribution in [2.24, 2.45) is 46.5 Å². The van der Waals surface area contributed by atoms with Gasteiger partial charge < -0.3 is 13.3 Å². The summed E-state index contributed by atoms with van der Waals surface area (Å²) in [7, 11) is -0.909. The van der Waals surface area contributed by atoms with E-state index in [2.05, 4.69) is 119 Å². The number of aromatic nitrogens is 2. The number of aryl methyl sites for hydroxylation is 3. The molecule has 8 rings (SSSR count). The van der Waals surface area contributed by atoms with Gasteiger partial charge in [-0.15, -0.1) is 0 Å². The largest absolute Gasteiger partial charge is 0.501 e. The maximum atomic E-state index is 6.28. The minimum atomic E-state index is -2.66. The van der Waals surface area contributed by atoms with Crippen molar-refractivity contribution in [1.29, 1.82) is 0 Å². The van der Waals surface area contributed by atoms with Gasteiger partial charge in [-0.1, -0.05) is 73.0 Å². The SMILES string of the molecule is CCC1[C@H]2CCc3cnnc(-c4ccc(C)cc4)c3CC[C@@H]12.CO[Si](CCC1CC2CC1C1=CNN=C(c3ccc(C)cc3)C12)(OC(C)C)OC(C)C. The molecule has 3 fully saturated rings. The summed E-state index contributed by atoms with van der Waals surface area (Å²) in [5.41, 5.74) is 15.0. The second-order valence-corrected chi connectivity index (χ2v) is 19.8. The molecule has 3 saturated carbocycles. The maximum Gasteiger partial charge on any atom is 0.501 e. The number of hydrogen-bond acceptors (Lipinski definition) is 7. The van der Waals surface area contributed by atoms with E-state index < -0.39 is 8.80 Å². The molecule has 2 aromatic carbocycles. The lowest BCUT2D eigenvalue weighted by Crippen LogP contribution is -2.48. The molecule has 8 heteroatoms. The van der Waals surface area contributed by atoms with Crippen LogP contribution in [0.15, 0.2) is 71.6 Å². The summed E-state index contributed by atoms with van der Waals surface area (Å²) in [6, 6.07) is 18.4. The molecule has 4 aliphatic carbocycles. The van der Waals surface area contributed by atoms with Gasteiger partial charge in [-0.3, -0.25) is 5.43 Å². The van der Waals surface area contributed by atoms with E-state index in [0.717, 1.165) is 35.9 Å². The van der Waals surface area contributed by atoms with Crippen molar-refractivity contribution < 1.29 is 13.3 Å². The third-order valence-electron chi connectivity index (χ3n) is 12.8. The molecule has 0 spiro atoms. The fraction of sp³-hybridized carbons (Fsp3) is 0.578. The summed E-state index contributed by atoms with van der Waals surface area (Å²) >= 11 is 0. The van der Waals surface area contributed by atoms with E-state index in [4.69, 9.17) is 18.4 Å². The molecule has 2 heterocycles. The Bertz CT molecular complexity index is 1760. The quantitative estimate of drug-likeness (QED) is 0.198. The average molecular weight is 735 g/mol. The number of hydrazone groups is 1. The molecular weight excluding hydrogens is 673 g/mol. The molecule has 1 N–H and O–H groups in total. The number of rotatable bonds is 11. The zero-order valence-electron chi connectivity index (χ0n) is 33.4. The zero-order valence-corrected chi connectivity index (χ0v) is 34.4. The first-order chi connectivity index (χ1) is 25.6. The number of allylic oxidation sites excluding steroid dienone is 1. The van der Waals surface area contributed by atoms with Crippen molar-refractivity contribution in [3.8, 4) is 11.3 Å². The highest BCUT2D eigenvalue weighted by atomic mass is 28.4. The molecule has 5 unspecified atom stereocenters. The Morgan fingerprint density at radius 3 is 2.11 bits per heavy atom. The van der Waals surface area contributed by atoms with Crippen LogP contribution >= 0.6 is 0 Å². The molecule has 2 bridgehead atoms. The maximum absolute atomic E-state index is 6.28. The fourth-order valence-corrected chi connectivity index (χ4v) is 13.2. The molecule has 3 aromatic rings. The van der Waals surface area contributed by atoms with Gasteiger partial charge in [0.1, 0.15) is 0 Å². The first kappa shape index (κ1) is 38.1. The van der Waals surface area contributed by atoms with E-state index in [0.29, 0.717) is 23.7 Å². The minimum absolute atomic E-state index is 0.105. The lowest BCUT2D eigenvalue weighted by atomic mass is 9.74. The predicted molar refractivity (Wildman–Crippen MR) is 216 cm³/mol. The van der Waals surface area contributed by atoms with Crippen LogP contribution in [0, 0.1) is 55.3 Å². The highest BCUT2D eigenvalue weighted by molar-refractivity contribution is 6.60. The van der Waals surface area contributed by atoms with Crippen LogP contribution in [0.2, 0.25) is 6.04 Å². The smallest absolute Gasteiger partial charge is 0.377 e.